The smallest absolute Gasteiger partial charge is 0.145 e. The maximum atomic E-state index is 12.4. The first-order valence-corrected chi connectivity index (χ1v) is 6.11. The molecule has 0 radical (unpaired) electrons. The number of hydrogen-bond acceptors (Lipinski definition) is 3. The van der Waals surface area contributed by atoms with E-state index in [2.05, 4.69) is 0 Å². The Morgan fingerprint density at radius 1 is 1.33 bits per heavy atom. The SMILES string of the molecule is NCC1(C(=O)C2CCCOC2)CCCC1. The van der Waals surface area contributed by atoms with Gasteiger partial charge in [0.15, 0.2) is 0 Å². The molecular formula is C12H21NO2. The lowest BCUT2D eigenvalue weighted by Crippen LogP contribution is -2.42. The normalized spacial score (nSPS) is 30.3. The molecule has 1 saturated heterocycles. The van der Waals surface area contributed by atoms with Gasteiger partial charge in [0.25, 0.3) is 0 Å². The van der Waals surface area contributed by atoms with Crippen molar-refractivity contribution in [1.29, 1.82) is 0 Å². The molecule has 86 valence electrons. The van der Waals surface area contributed by atoms with Crippen molar-refractivity contribution < 1.29 is 9.53 Å². The number of Topliss-reactive ketones (excluding diaryl/α,β-unsaturated/α-hetero) is 1. The quantitative estimate of drug-likeness (QED) is 0.769. The van der Waals surface area contributed by atoms with Gasteiger partial charge in [0.1, 0.15) is 5.78 Å². The Labute approximate surface area is 91.4 Å². The van der Waals surface area contributed by atoms with E-state index in [1.54, 1.807) is 0 Å². The number of hydrogen-bond donors (Lipinski definition) is 1. The summed E-state index contributed by atoms with van der Waals surface area (Å²) < 4.78 is 5.39. The van der Waals surface area contributed by atoms with Crippen molar-refractivity contribution >= 4 is 5.78 Å². The van der Waals surface area contributed by atoms with E-state index in [1.165, 1.54) is 0 Å². The number of rotatable bonds is 3. The van der Waals surface area contributed by atoms with Crippen LogP contribution in [0, 0.1) is 11.3 Å². The number of ether oxygens (including phenoxy) is 1. The van der Waals surface area contributed by atoms with Crippen LogP contribution in [0.15, 0.2) is 0 Å². The molecule has 15 heavy (non-hydrogen) atoms. The summed E-state index contributed by atoms with van der Waals surface area (Å²) in [6.45, 7) is 1.97. The molecule has 0 aromatic carbocycles. The molecule has 0 bridgehead atoms. The fourth-order valence-corrected chi connectivity index (χ4v) is 2.98. The Morgan fingerprint density at radius 2 is 2.07 bits per heavy atom. The van der Waals surface area contributed by atoms with Crippen LogP contribution in [0.25, 0.3) is 0 Å². The van der Waals surface area contributed by atoms with E-state index < -0.39 is 0 Å². The predicted octanol–water partition coefficient (Wildman–Crippen LogP) is 1.50. The summed E-state index contributed by atoms with van der Waals surface area (Å²) in [4.78, 5) is 12.4. The molecule has 2 aliphatic rings. The Hall–Kier alpha value is -0.410. The molecule has 1 aliphatic heterocycles. The number of carbonyl (C=O) groups is 1. The lowest BCUT2D eigenvalue weighted by Gasteiger charge is -2.32. The summed E-state index contributed by atoms with van der Waals surface area (Å²) in [6, 6.07) is 0. The monoisotopic (exact) mass is 211 g/mol. The Balaban J connectivity index is 2.03. The van der Waals surface area contributed by atoms with Gasteiger partial charge in [-0.15, -0.1) is 0 Å². The molecule has 2 N–H and O–H groups in total. The first-order valence-electron chi connectivity index (χ1n) is 6.11. The molecule has 1 saturated carbocycles. The lowest BCUT2D eigenvalue weighted by atomic mass is 9.75. The van der Waals surface area contributed by atoms with Crippen LogP contribution >= 0.6 is 0 Å². The average molecular weight is 211 g/mol. The number of nitrogens with two attached hydrogens (primary N) is 1. The summed E-state index contributed by atoms with van der Waals surface area (Å²) >= 11 is 0. The molecule has 1 atom stereocenters. The first kappa shape index (κ1) is 11.1. The van der Waals surface area contributed by atoms with Gasteiger partial charge in [0, 0.05) is 24.5 Å². The van der Waals surface area contributed by atoms with Crippen molar-refractivity contribution in [3.8, 4) is 0 Å². The van der Waals surface area contributed by atoms with Crippen LogP contribution in [0.4, 0.5) is 0 Å². The van der Waals surface area contributed by atoms with Crippen molar-refractivity contribution in [2.75, 3.05) is 19.8 Å². The van der Waals surface area contributed by atoms with Crippen LogP contribution in [0.1, 0.15) is 38.5 Å². The van der Waals surface area contributed by atoms with Crippen molar-refractivity contribution in [1.82, 2.24) is 0 Å². The van der Waals surface area contributed by atoms with Gasteiger partial charge in [0.2, 0.25) is 0 Å². The highest BCUT2D eigenvalue weighted by Gasteiger charge is 2.43. The van der Waals surface area contributed by atoms with Gasteiger partial charge in [-0.25, -0.2) is 0 Å². The molecule has 2 rings (SSSR count). The number of ketones is 1. The molecule has 1 aliphatic carbocycles. The maximum absolute atomic E-state index is 12.4. The third kappa shape index (κ3) is 2.08. The van der Waals surface area contributed by atoms with E-state index >= 15 is 0 Å². The van der Waals surface area contributed by atoms with Crippen molar-refractivity contribution in [3.63, 3.8) is 0 Å². The second-order valence-corrected chi connectivity index (χ2v) is 4.97. The van der Waals surface area contributed by atoms with Crippen molar-refractivity contribution in [2.45, 2.75) is 38.5 Å². The summed E-state index contributed by atoms with van der Waals surface area (Å²) in [5.41, 5.74) is 5.63. The standard InChI is InChI=1S/C12H21NO2/c13-9-12(5-1-2-6-12)11(14)10-4-3-7-15-8-10/h10H,1-9,13H2. The number of carbonyl (C=O) groups excluding carboxylic acids is 1. The van der Waals surface area contributed by atoms with Crippen molar-refractivity contribution in [3.05, 3.63) is 0 Å². The minimum Gasteiger partial charge on any atom is -0.381 e. The third-order valence-corrected chi connectivity index (χ3v) is 4.01. The van der Waals surface area contributed by atoms with Crippen LogP contribution in [0.5, 0.6) is 0 Å². The van der Waals surface area contributed by atoms with Crippen LogP contribution in [-0.4, -0.2) is 25.5 Å². The van der Waals surface area contributed by atoms with E-state index in [-0.39, 0.29) is 11.3 Å². The van der Waals surface area contributed by atoms with Gasteiger partial charge in [-0.1, -0.05) is 12.8 Å². The van der Waals surface area contributed by atoms with E-state index in [0.717, 1.165) is 45.1 Å². The molecular weight excluding hydrogens is 190 g/mol. The van der Waals surface area contributed by atoms with E-state index in [1.807, 2.05) is 0 Å². The van der Waals surface area contributed by atoms with Gasteiger partial charge in [0.05, 0.1) is 6.61 Å². The van der Waals surface area contributed by atoms with Crippen LogP contribution < -0.4 is 5.73 Å². The highest BCUT2D eigenvalue weighted by molar-refractivity contribution is 5.87. The summed E-state index contributed by atoms with van der Waals surface area (Å²) in [6.07, 6.45) is 6.35. The van der Waals surface area contributed by atoms with Gasteiger partial charge in [-0.3, -0.25) is 4.79 Å². The van der Waals surface area contributed by atoms with Gasteiger partial charge >= 0.3 is 0 Å². The molecule has 0 aromatic rings. The van der Waals surface area contributed by atoms with Gasteiger partial charge < -0.3 is 10.5 Å². The average Bonchev–Trinajstić information content (AvgIpc) is 2.79. The maximum Gasteiger partial charge on any atom is 0.145 e. The zero-order chi connectivity index (χ0) is 10.7. The Morgan fingerprint density at radius 3 is 2.60 bits per heavy atom. The lowest BCUT2D eigenvalue weighted by molar-refractivity contribution is -0.136. The van der Waals surface area contributed by atoms with Crippen molar-refractivity contribution in [2.24, 2.45) is 17.1 Å². The van der Waals surface area contributed by atoms with Gasteiger partial charge in [-0.05, 0) is 25.7 Å². The second kappa shape index (κ2) is 4.62. The highest BCUT2D eigenvalue weighted by atomic mass is 16.5. The molecule has 1 heterocycles. The zero-order valence-electron chi connectivity index (χ0n) is 9.34. The molecule has 2 fully saturated rings. The fraction of sp³-hybridized carbons (Fsp3) is 0.917. The predicted molar refractivity (Wildman–Crippen MR) is 58.5 cm³/mol. The zero-order valence-corrected chi connectivity index (χ0v) is 9.34. The second-order valence-electron chi connectivity index (χ2n) is 4.97. The van der Waals surface area contributed by atoms with Crippen LogP contribution in [0.3, 0.4) is 0 Å². The van der Waals surface area contributed by atoms with E-state index in [4.69, 9.17) is 10.5 Å². The van der Waals surface area contributed by atoms with Gasteiger partial charge in [-0.2, -0.15) is 0 Å². The minimum atomic E-state index is -0.189. The Kier molecular flexibility index (Phi) is 3.42. The topological polar surface area (TPSA) is 52.3 Å². The fourth-order valence-electron chi connectivity index (χ4n) is 2.98. The van der Waals surface area contributed by atoms with Crippen LogP contribution in [-0.2, 0) is 9.53 Å². The molecule has 3 heteroatoms. The molecule has 0 amide bonds. The highest BCUT2D eigenvalue weighted by Crippen LogP contribution is 2.41. The Bertz CT molecular complexity index is 228. The summed E-state index contributed by atoms with van der Waals surface area (Å²) in [5, 5.41) is 0. The first-order chi connectivity index (χ1) is 7.28. The molecule has 0 aromatic heterocycles. The largest absolute Gasteiger partial charge is 0.381 e. The molecule has 3 nitrogen and oxygen atoms in total. The van der Waals surface area contributed by atoms with E-state index in [0.29, 0.717) is 18.9 Å². The summed E-state index contributed by atoms with van der Waals surface area (Å²) in [5.74, 6) is 0.516. The van der Waals surface area contributed by atoms with Crippen LogP contribution in [0.2, 0.25) is 0 Å². The minimum absolute atomic E-state index is 0.125. The molecule has 0 spiro atoms. The third-order valence-electron chi connectivity index (χ3n) is 4.01. The molecule has 1 unspecified atom stereocenters. The van der Waals surface area contributed by atoms with E-state index in [9.17, 15) is 4.79 Å². The summed E-state index contributed by atoms with van der Waals surface area (Å²) in [7, 11) is 0.